The zero-order chi connectivity index (χ0) is 12.1. The second kappa shape index (κ2) is 6.51. The van der Waals surface area contributed by atoms with Crippen molar-refractivity contribution in [1.29, 1.82) is 0 Å². The van der Waals surface area contributed by atoms with Crippen molar-refractivity contribution in [2.45, 2.75) is 37.4 Å². The Morgan fingerprint density at radius 2 is 1.44 bits per heavy atom. The van der Waals surface area contributed by atoms with Crippen molar-refractivity contribution >= 4 is 0 Å². The molecule has 1 unspecified atom stereocenters. The summed E-state index contributed by atoms with van der Waals surface area (Å²) in [6.45, 7) is 2.45. The average molecular weight is 234 g/mol. The van der Waals surface area contributed by atoms with Gasteiger partial charge in [-0.2, -0.15) is 0 Å². The largest absolute Gasteiger partial charge is 0.382 e. The van der Waals surface area contributed by atoms with Crippen LogP contribution in [0.2, 0.25) is 0 Å². The molecule has 1 rings (SSSR count). The third-order valence-corrected chi connectivity index (χ3v) is 3.01. The SMILES string of the molecule is COCC1O[C@@H](C)[C@H](OC)[C@H](OC)[C@H]1OC. The molecule has 0 N–H and O–H groups in total. The molecular weight excluding hydrogens is 212 g/mol. The lowest BCUT2D eigenvalue weighted by atomic mass is 9.95. The lowest BCUT2D eigenvalue weighted by Gasteiger charge is -2.43. The van der Waals surface area contributed by atoms with Gasteiger partial charge in [0.2, 0.25) is 0 Å². The van der Waals surface area contributed by atoms with Crippen LogP contribution >= 0.6 is 0 Å². The summed E-state index contributed by atoms with van der Waals surface area (Å²) in [6, 6.07) is 0. The van der Waals surface area contributed by atoms with Crippen LogP contribution in [-0.4, -0.2) is 65.6 Å². The maximum absolute atomic E-state index is 5.81. The van der Waals surface area contributed by atoms with Crippen molar-refractivity contribution in [3.05, 3.63) is 0 Å². The van der Waals surface area contributed by atoms with Gasteiger partial charge in [0, 0.05) is 28.4 Å². The van der Waals surface area contributed by atoms with Crippen molar-refractivity contribution in [2.24, 2.45) is 0 Å². The molecule has 0 spiro atoms. The van der Waals surface area contributed by atoms with Crippen LogP contribution in [0, 0.1) is 0 Å². The Bertz CT molecular complexity index is 199. The van der Waals surface area contributed by atoms with Crippen molar-refractivity contribution in [1.82, 2.24) is 0 Å². The lowest BCUT2D eigenvalue weighted by molar-refractivity contribution is -0.245. The van der Waals surface area contributed by atoms with Gasteiger partial charge in [0.05, 0.1) is 12.7 Å². The molecule has 16 heavy (non-hydrogen) atoms. The van der Waals surface area contributed by atoms with E-state index in [0.717, 1.165) is 0 Å². The molecule has 1 saturated heterocycles. The van der Waals surface area contributed by atoms with Gasteiger partial charge in [-0.05, 0) is 6.92 Å². The minimum atomic E-state index is -0.175. The molecule has 0 aromatic rings. The van der Waals surface area contributed by atoms with Crippen molar-refractivity contribution in [3.63, 3.8) is 0 Å². The van der Waals surface area contributed by atoms with Crippen LogP contribution < -0.4 is 0 Å². The van der Waals surface area contributed by atoms with Gasteiger partial charge in [0.25, 0.3) is 0 Å². The smallest absolute Gasteiger partial charge is 0.114 e. The van der Waals surface area contributed by atoms with Gasteiger partial charge in [-0.15, -0.1) is 0 Å². The molecule has 0 radical (unpaired) electrons. The van der Waals surface area contributed by atoms with Crippen molar-refractivity contribution < 1.29 is 23.7 Å². The third-order valence-electron chi connectivity index (χ3n) is 3.01. The number of rotatable bonds is 5. The third kappa shape index (κ3) is 2.73. The van der Waals surface area contributed by atoms with E-state index >= 15 is 0 Å². The molecule has 0 saturated carbocycles. The molecule has 0 aromatic carbocycles. The van der Waals surface area contributed by atoms with Crippen LogP contribution in [0.4, 0.5) is 0 Å². The van der Waals surface area contributed by atoms with E-state index in [1.807, 2.05) is 6.92 Å². The fraction of sp³-hybridized carbons (Fsp3) is 1.00. The average Bonchev–Trinajstić information content (AvgIpc) is 2.28. The summed E-state index contributed by atoms with van der Waals surface area (Å²) < 4.78 is 27.2. The van der Waals surface area contributed by atoms with Crippen LogP contribution in [-0.2, 0) is 23.7 Å². The Labute approximate surface area is 97.0 Å². The zero-order valence-corrected chi connectivity index (χ0v) is 10.6. The molecule has 5 nitrogen and oxygen atoms in total. The van der Waals surface area contributed by atoms with Crippen molar-refractivity contribution in [2.75, 3.05) is 35.0 Å². The topological polar surface area (TPSA) is 46.2 Å². The Balaban J connectivity index is 2.78. The molecule has 5 atom stereocenters. The Kier molecular flexibility index (Phi) is 5.64. The summed E-state index contributed by atoms with van der Waals surface area (Å²) in [5, 5.41) is 0. The highest BCUT2D eigenvalue weighted by Crippen LogP contribution is 2.26. The summed E-state index contributed by atoms with van der Waals surface area (Å²) in [5.74, 6) is 0. The van der Waals surface area contributed by atoms with Gasteiger partial charge < -0.3 is 23.7 Å². The summed E-state index contributed by atoms with van der Waals surface area (Å²) in [4.78, 5) is 0. The predicted molar refractivity (Wildman–Crippen MR) is 58.6 cm³/mol. The molecular formula is C11H22O5. The standard InChI is InChI=1S/C11H22O5/c1-7-9(13-3)11(15-5)10(14-4)8(16-7)6-12-2/h7-11H,6H2,1-5H3/t7-,8?,9-,10-,11-/m0/s1. The second-order valence-electron chi connectivity index (χ2n) is 3.94. The van der Waals surface area contributed by atoms with E-state index < -0.39 is 0 Å². The minimum absolute atomic E-state index is 0.0403. The quantitative estimate of drug-likeness (QED) is 0.692. The molecule has 0 amide bonds. The molecule has 1 fully saturated rings. The molecule has 0 aromatic heterocycles. The number of hydrogen-bond acceptors (Lipinski definition) is 5. The first-order chi connectivity index (χ1) is 7.69. The summed E-state index contributed by atoms with van der Waals surface area (Å²) in [7, 11) is 6.60. The number of ether oxygens (including phenoxy) is 5. The van der Waals surface area contributed by atoms with Gasteiger partial charge in [-0.3, -0.25) is 0 Å². The van der Waals surface area contributed by atoms with E-state index in [1.54, 1.807) is 28.4 Å². The van der Waals surface area contributed by atoms with Crippen molar-refractivity contribution in [3.8, 4) is 0 Å². The van der Waals surface area contributed by atoms with E-state index in [1.165, 1.54) is 0 Å². The van der Waals surface area contributed by atoms with E-state index in [9.17, 15) is 0 Å². The first kappa shape index (κ1) is 13.9. The molecule has 0 bridgehead atoms. The predicted octanol–water partition coefficient (Wildman–Crippen LogP) is 0.465. The van der Waals surface area contributed by atoms with E-state index in [-0.39, 0.29) is 30.5 Å². The summed E-state index contributed by atoms with van der Waals surface area (Å²) in [6.07, 6.45) is -0.601. The van der Waals surface area contributed by atoms with Gasteiger partial charge >= 0.3 is 0 Å². The maximum Gasteiger partial charge on any atom is 0.114 e. The minimum Gasteiger partial charge on any atom is -0.382 e. The van der Waals surface area contributed by atoms with E-state index in [0.29, 0.717) is 6.61 Å². The molecule has 1 aliphatic rings. The highest BCUT2D eigenvalue weighted by Gasteiger charge is 2.45. The normalized spacial score (nSPS) is 39.9. The lowest BCUT2D eigenvalue weighted by Crippen LogP contribution is -2.59. The Morgan fingerprint density at radius 1 is 0.875 bits per heavy atom. The van der Waals surface area contributed by atoms with Gasteiger partial charge in [-0.1, -0.05) is 0 Å². The fourth-order valence-corrected chi connectivity index (χ4v) is 2.27. The second-order valence-corrected chi connectivity index (χ2v) is 3.94. The van der Waals surface area contributed by atoms with Gasteiger partial charge in [-0.25, -0.2) is 0 Å². The van der Waals surface area contributed by atoms with Crippen LogP contribution in [0.1, 0.15) is 6.92 Å². The monoisotopic (exact) mass is 234 g/mol. The first-order valence-electron chi connectivity index (χ1n) is 5.42. The highest BCUT2D eigenvalue weighted by atomic mass is 16.6. The molecule has 5 heteroatoms. The molecule has 96 valence electrons. The zero-order valence-electron chi connectivity index (χ0n) is 10.6. The first-order valence-corrected chi connectivity index (χ1v) is 5.42. The van der Waals surface area contributed by atoms with E-state index in [4.69, 9.17) is 23.7 Å². The number of methoxy groups -OCH3 is 4. The Hall–Kier alpha value is -0.200. The molecule has 1 heterocycles. The summed E-state index contributed by atoms with van der Waals surface area (Å²) in [5.41, 5.74) is 0. The van der Waals surface area contributed by atoms with Gasteiger partial charge in [0.15, 0.2) is 0 Å². The van der Waals surface area contributed by atoms with Gasteiger partial charge in [0.1, 0.15) is 24.4 Å². The van der Waals surface area contributed by atoms with E-state index in [2.05, 4.69) is 0 Å². The fourth-order valence-electron chi connectivity index (χ4n) is 2.27. The van der Waals surface area contributed by atoms with Crippen LogP contribution in [0.25, 0.3) is 0 Å². The molecule has 1 aliphatic heterocycles. The molecule has 0 aliphatic carbocycles. The van der Waals surface area contributed by atoms with Crippen LogP contribution in [0.15, 0.2) is 0 Å². The summed E-state index contributed by atoms with van der Waals surface area (Å²) >= 11 is 0. The van der Waals surface area contributed by atoms with Crippen LogP contribution in [0.5, 0.6) is 0 Å². The number of hydrogen-bond donors (Lipinski definition) is 0. The maximum atomic E-state index is 5.81. The van der Waals surface area contributed by atoms with Crippen LogP contribution in [0.3, 0.4) is 0 Å². The Morgan fingerprint density at radius 3 is 1.88 bits per heavy atom. The highest BCUT2D eigenvalue weighted by molar-refractivity contribution is 4.93.